The molecule has 0 aliphatic carbocycles. The number of aryl methyl sites for hydroxylation is 1. The summed E-state index contributed by atoms with van der Waals surface area (Å²) in [6, 6.07) is 6.28. The first-order valence-electron chi connectivity index (χ1n) is 7.85. The largest absolute Gasteiger partial charge is 0.361 e. The molecule has 0 radical (unpaired) electrons. The van der Waals surface area contributed by atoms with Crippen LogP contribution in [-0.4, -0.2) is 52.3 Å². The van der Waals surface area contributed by atoms with E-state index in [9.17, 15) is 8.42 Å². The molecule has 1 aromatic carbocycles. The van der Waals surface area contributed by atoms with Gasteiger partial charge in [0.1, 0.15) is 0 Å². The molecule has 2 aromatic rings. The molecule has 7 nitrogen and oxygen atoms in total. The Morgan fingerprint density at radius 2 is 1.96 bits per heavy atom. The molecular weight excluding hydrogens is 326 g/mol. The number of benzene rings is 1. The first-order valence-corrected chi connectivity index (χ1v) is 9.74. The summed E-state index contributed by atoms with van der Waals surface area (Å²) in [5.74, 6) is 0.654. The molecule has 0 saturated carbocycles. The number of H-pyrrole nitrogens is 1. The molecule has 8 heteroatoms. The number of guanidine groups is 1. The monoisotopic (exact) mass is 351 g/mol. The van der Waals surface area contributed by atoms with Gasteiger partial charge in [-0.05, 0) is 24.5 Å². The van der Waals surface area contributed by atoms with Gasteiger partial charge >= 0.3 is 0 Å². The number of aliphatic imine (C=N–C) groups is 1. The molecule has 0 unspecified atom stereocenters. The number of para-hydroxylation sites is 1. The number of hydrogen-bond acceptors (Lipinski definition) is 3. The van der Waals surface area contributed by atoms with Crippen LogP contribution in [0.25, 0.3) is 10.9 Å². The van der Waals surface area contributed by atoms with Gasteiger partial charge < -0.3 is 15.6 Å². The van der Waals surface area contributed by atoms with Crippen LogP contribution in [0, 0.1) is 6.92 Å². The molecular formula is C16H25N5O2S. The van der Waals surface area contributed by atoms with Gasteiger partial charge in [0.05, 0.1) is 6.26 Å². The van der Waals surface area contributed by atoms with E-state index >= 15 is 0 Å². The van der Waals surface area contributed by atoms with Crippen LogP contribution in [0.1, 0.15) is 11.1 Å². The van der Waals surface area contributed by atoms with Gasteiger partial charge in [-0.2, -0.15) is 0 Å². The van der Waals surface area contributed by atoms with Crippen LogP contribution < -0.4 is 15.4 Å². The van der Waals surface area contributed by atoms with Crippen LogP contribution >= 0.6 is 0 Å². The van der Waals surface area contributed by atoms with Gasteiger partial charge in [-0.25, -0.2) is 13.1 Å². The molecule has 4 N–H and O–H groups in total. The van der Waals surface area contributed by atoms with E-state index in [0.717, 1.165) is 19.2 Å². The van der Waals surface area contributed by atoms with E-state index < -0.39 is 10.0 Å². The molecule has 24 heavy (non-hydrogen) atoms. The van der Waals surface area contributed by atoms with Crippen LogP contribution in [0.4, 0.5) is 0 Å². The number of fused-ring (bicyclic) bond motifs is 1. The third kappa shape index (κ3) is 5.24. The molecule has 0 fully saturated rings. The zero-order chi connectivity index (χ0) is 17.6. The van der Waals surface area contributed by atoms with Crippen LogP contribution in [0.15, 0.2) is 29.4 Å². The molecule has 0 aliphatic rings. The number of sulfonamides is 1. The Labute approximate surface area is 143 Å². The zero-order valence-electron chi connectivity index (χ0n) is 14.3. The van der Waals surface area contributed by atoms with Crippen LogP contribution in [0.3, 0.4) is 0 Å². The fraction of sp³-hybridized carbons (Fsp3) is 0.438. The lowest BCUT2D eigenvalue weighted by molar-refractivity contribution is 0.586. The predicted octanol–water partition coefficient (Wildman–Crippen LogP) is 0.733. The first-order chi connectivity index (χ1) is 11.4. The maximum absolute atomic E-state index is 11.0. The molecule has 1 heterocycles. The predicted molar refractivity (Wildman–Crippen MR) is 99.0 cm³/mol. The van der Waals surface area contributed by atoms with Crippen molar-refractivity contribution >= 4 is 26.9 Å². The molecule has 2 rings (SSSR count). The summed E-state index contributed by atoms with van der Waals surface area (Å²) >= 11 is 0. The fourth-order valence-corrected chi connectivity index (χ4v) is 3.00. The van der Waals surface area contributed by atoms with Gasteiger partial charge in [-0.1, -0.05) is 18.2 Å². The lowest BCUT2D eigenvalue weighted by atomic mass is 10.1. The summed E-state index contributed by atoms with van der Waals surface area (Å²) in [7, 11) is -1.46. The van der Waals surface area contributed by atoms with Crippen molar-refractivity contribution in [3.8, 4) is 0 Å². The van der Waals surface area contributed by atoms with Gasteiger partial charge in [0.2, 0.25) is 10.0 Å². The van der Waals surface area contributed by atoms with Gasteiger partial charge in [-0.3, -0.25) is 4.99 Å². The third-order valence-corrected chi connectivity index (χ3v) is 4.43. The van der Waals surface area contributed by atoms with Crippen molar-refractivity contribution in [2.75, 3.05) is 32.9 Å². The zero-order valence-corrected chi connectivity index (χ0v) is 15.1. The molecule has 0 amide bonds. The van der Waals surface area contributed by atoms with Gasteiger partial charge in [0, 0.05) is 43.8 Å². The number of hydrogen-bond donors (Lipinski definition) is 4. The summed E-state index contributed by atoms with van der Waals surface area (Å²) in [6.07, 6.45) is 4.06. The van der Waals surface area contributed by atoms with E-state index in [1.165, 1.54) is 22.0 Å². The van der Waals surface area contributed by atoms with E-state index in [2.05, 4.69) is 50.5 Å². The second kappa shape index (κ2) is 8.16. The number of nitrogens with zero attached hydrogens (tertiary/aromatic N) is 1. The van der Waals surface area contributed by atoms with Crippen LogP contribution in [0.2, 0.25) is 0 Å². The molecule has 1 aromatic heterocycles. The number of rotatable bonds is 7. The summed E-state index contributed by atoms with van der Waals surface area (Å²) in [5.41, 5.74) is 3.68. The normalized spacial score (nSPS) is 12.5. The topological polar surface area (TPSA) is 98.4 Å². The van der Waals surface area contributed by atoms with E-state index in [1.54, 1.807) is 7.05 Å². The fourth-order valence-electron chi connectivity index (χ4n) is 2.52. The van der Waals surface area contributed by atoms with Crippen molar-refractivity contribution in [1.29, 1.82) is 0 Å². The number of aromatic nitrogens is 1. The highest BCUT2D eigenvalue weighted by Crippen LogP contribution is 2.21. The lowest BCUT2D eigenvalue weighted by Gasteiger charge is -2.11. The van der Waals surface area contributed by atoms with Crippen LogP contribution in [-0.2, 0) is 16.4 Å². The SMILES string of the molecule is CN=C(NCCNS(C)(=O)=O)NCCc1c[nH]c2c(C)cccc12. The second-order valence-corrected chi connectivity index (χ2v) is 7.49. The highest BCUT2D eigenvalue weighted by molar-refractivity contribution is 7.88. The minimum absolute atomic E-state index is 0.321. The number of aromatic amines is 1. The molecule has 0 bridgehead atoms. The van der Waals surface area contributed by atoms with Gasteiger partial charge in [0.15, 0.2) is 5.96 Å². The number of nitrogens with one attached hydrogen (secondary N) is 4. The average molecular weight is 351 g/mol. The summed E-state index contributed by atoms with van der Waals surface area (Å²) < 4.78 is 24.4. The lowest BCUT2D eigenvalue weighted by Crippen LogP contribution is -2.42. The van der Waals surface area contributed by atoms with Crippen LogP contribution in [0.5, 0.6) is 0 Å². The summed E-state index contributed by atoms with van der Waals surface area (Å²) in [6.45, 7) is 3.62. The van der Waals surface area contributed by atoms with Gasteiger partial charge in [-0.15, -0.1) is 0 Å². The molecule has 0 aliphatic heterocycles. The Balaban J connectivity index is 1.80. The van der Waals surface area contributed by atoms with Crippen molar-refractivity contribution < 1.29 is 8.42 Å². The van der Waals surface area contributed by atoms with Gasteiger partial charge in [0.25, 0.3) is 0 Å². The molecule has 0 saturated heterocycles. The highest BCUT2D eigenvalue weighted by Gasteiger charge is 2.06. The maximum Gasteiger partial charge on any atom is 0.208 e. The van der Waals surface area contributed by atoms with E-state index in [4.69, 9.17) is 0 Å². The Morgan fingerprint density at radius 3 is 2.67 bits per heavy atom. The minimum Gasteiger partial charge on any atom is -0.361 e. The van der Waals surface area contributed by atoms with Crippen molar-refractivity contribution in [2.45, 2.75) is 13.3 Å². The Bertz CT molecular complexity index is 811. The Hall–Kier alpha value is -2.06. The maximum atomic E-state index is 11.0. The smallest absolute Gasteiger partial charge is 0.208 e. The standard InChI is InChI=1S/C16H25N5O2S/c1-12-5-4-6-14-13(11-20-15(12)14)7-8-18-16(17-2)19-9-10-21-24(3,22)23/h4-6,11,20-21H,7-10H2,1-3H3,(H2,17,18,19). The minimum atomic E-state index is -3.15. The second-order valence-electron chi connectivity index (χ2n) is 5.65. The van der Waals surface area contributed by atoms with Crippen molar-refractivity contribution in [2.24, 2.45) is 4.99 Å². The first kappa shape index (κ1) is 18.3. The van der Waals surface area contributed by atoms with Crippen molar-refractivity contribution in [3.05, 3.63) is 35.5 Å². The van der Waals surface area contributed by atoms with E-state index in [-0.39, 0.29) is 0 Å². The van der Waals surface area contributed by atoms with Crippen molar-refractivity contribution in [1.82, 2.24) is 20.3 Å². The highest BCUT2D eigenvalue weighted by atomic mass is 32.2. The molecule has 132 valence electrons. The Kier molecular flexibility index (Phi) is 6.22. The van der Waals surface area contributed by atoms with E-state index in [1.807, 2.05) is 6.20 Å². The quantitative estimate of drug-likeness (QED) is 0.336. The average Bonchev–Trinajstić information content (AvgIpc) is 2.93. The van der Waals surface area contributed by atoms with E-state index in [0.29, 0.717) is 19.0 Å². The third-order valence-electron chi connectivity index (χ3n) is 3.70. The molecule has 0 atom stereocenters. The Morgan fingerprint density at radius 1 is 1.21 bits per heavy atom. The summed E-state index contributed by atoms with van der Waals surface area (Å²) in [4.78, 5) is 7.45. The summed E-state index contributed by atoms with van der Waals surface area (Å²) in [5, 5.41) is 7.55. The molecule has 0 spiro atoms. The van der Waals surface area contributed by atoms with Crippen molar-refractivity contribution in [3.63, 3.8) is 0 Å².